The van der Waals surface area contributed by atoms with Gasteiger partial charge in [-0.15, -0.1) is 0 Å². The van der Waals surface area contributed by atoms with Gasteiger partial charge in [0.15, 0.2) is 0 Å². The third-order valence-corrected chi connectivity index (χ3v) is 5.50. The third-order valence-electron chi connectivity index (χ3n) is 5.50. The Labute approximate surface area is 139 Å². The van der Waals surface area contributed by atoms with Gasteiger partial charge in [-0.2, -0.15) is 0 Å². The van der Waals surface area contributed by atoms with Gasteiger partial charge in [0, 0.05) is 12.6 Å². The van der Waals surface area contributed by atoms with E-state index >= 15 is 0 Å². The van der Waals surface area contributed by atoms with Gasteiger partial charge in [-0.1, -0.05) is 73.1 Å². The Morgan fingerprint density at radius 1 is 0.909 bits per heavy atom. The molecule has 0 heterocycles. The summed E-state index contributed by atoms with van der Waals surface area (Å²) in [6, 6.07) is 0.120. The van der Waals surface area contributed by atoms with Crippen molar-refractivity contribution in [1.29, 1.82) is 0 Å². The van der Waals surface area contributed by atoms with Crippen molar-refractivity contribution in [2.45, 2.75) is 92.0 Å². The molecule has 0 rings (SSSR count). The van der Waals surface area contributed by atoms with Gasteiger partial charge in [-0.25, -0.2) is 0 Å². The van der Waals surface area contributed by atoms with Crippen molar-refractivity contribution in [2.24, 2.45) is 22.3 Å². The first-order valence-corrected chi connectivity index (χ1v) is 9.33. The molecule has 0 aliphatic heterocycles. The maximum atomic E-state index is 6.32. The topological polar surface area (TPSA) is 61.3 Å². The molecular formula is C19H42N2O. The van der Waals surface area contributed by atoms with Crippen LogP contribution in [0.2, 0.25) is 0 Å². The maximum Gasteiger partial charge on any atom is 0.0522 e. The van der Waals surface area contributed by atoms with Crippen molar-refractivity contribution in [2.75, 3.05) is 19.8 Å². The zero-order valence-electron chi connectivity index (χ0n) is 15.9. The van der Waals surface area contributed by atoms with E-state index in [2.05, 4.69) is 34.6 Å². The second-order valence-electron chi connectivity index (χ2n) is 7.96. The summed E-state index contributed by atoms with van der Waals surface area (Å²) in [7, 11) is 0. The predicted molar refractivity (Wildman–Crippen MR) is 98.0 cm³/mol. The molecule has 0 spiro atoms. The lowest BCUT2D eigenvalue weighted by Crippen LogP contribution is -2.50. The fourth-order valence-corrected chi connectivity index (χ4v) is 2.72. The van der Waals surface area contributed by atoms with Crippen molar-refractivity contribution in [3.63, 3.8) is 0 Å². The highest BCUT2D eigenvalue weighted by Gasteiger charge is 2.41. The summed E-state index contributed by atoms with van der Waals surface area (Å²) in [6.07, 6.45) is 10.1. The number of nitrogens with two attached hydrogens (primary N) is 2. The standard InChI is InChI=1S/C19H42N2O/c1-6-7-8-9-10-11-12-15-22-16-18(2,3)19(4,5)17(21)13-14-20/h17H,6-16,20-21H2,1-5H3. The Bertz CT molecular complexity index is 264. The molecule has 22 heavy (non-hydrogen) atoms. The molecule has 1 unspecified atom stereocenters. The first-order valence-electron chi connectivity index (χ1n) is 9.33. The smallest absolute Gasteiger partial charge is 0.0522 e. The number of rotatable bonds is 14. The van der Waals surface area contributed by atoms with Crippen LogP contribution in [0.5, 0.6) is 0 Å². The fourth-order valence-electron chi connectivity index (χ4n) is 2.72. The summed E-state index contributed by atoms with van der Waals surface area (Å²) in [5, 5.41) is 0. The molecule has 0 fully saturated rings. The molecular weight excluding hydrogens is 272 g/mol. The van der Waals surface area contributed by atoms with Crippen LogP contribution in [0, 0.1) is 10.8 Å². The van der Waals surface area contributed by atoms with Crippen molar-refractivity contribution >= 4 is 0 Å². The molecule has 0 amide bonds. The molecule has 3 nitrogen and oxygen atoms in total. The summed E-state index contributed by atoms with van der Waals surface area (Å²) >= 11 is 0. The molecule has 0 saturated heterocycles. The van der Waals surface area contributed by atoms with Crippen molar-refractivity contribution < 1.29 is 4.74 Å². The summed E-state index contributed by atoms with van der Waals surface area (Å²) in [5.41, 5.74) is 12.1. The van der Waals surface area contributed by atoms with E-state index in [0.717, 1.165) is 19.6 Å². The summed E-state index contributed by atoms with van der Waals surface area (Å²) in [4.78, 5) is 0. The average Bonchev–Trinajstić information content (AvgIpc) is 2.45. The van der Waals surface area contributed by atoms with Gasteiger partial charge in [0.25, 0.3) is 0 Å². The summed E-state index contributed by atoms with van der Waals surface area (Å²) in [6.45, 7) is 13.6. The van der Waals surface area contributed by atoms with E-state index in [0.29, 0.717) is 6.54 Å². The highest BCUT2D eigenvalue weighted by Crippen LogP contribution is 2.41. The highest BCUT2D eigenvalue weighted by molar-refractivity contribution is 4.93. The Morgan fingerprint density at radius 3 is 2.00 bits per heavy atom. The Hall–Kier alpha value is -0.120. The van der Waals surface area contributed by atoms with Gasteiger partial charge in [0.05, 0.1) is 6.61 Å². The molecule has 0 radical (unpaired) electrons. The highest BCUT2D eigenvalue weighted by atomic mass is 16.5. The van der Waals surface area contributed by atoms with Crippen LogP contribution in [-0.2, 0) is 4.74 Å². The van der Waals surface area contributed by atoms with Crippen LogP contribution < -0.4 is 11.5 Å². The SMILES string of the molecule is CCCCCCCCCOCC(C)(C)C(C)(C)C(N)CCN. The Morgan fingerprint density at radius 2 is 1.45 bits per heavy atom. The van der Waals surface area contributed by atoms with E-state index in [1.54, 1.807) is 0 Å². The lowest BCUT2D eigenvalue weighted by atomic mass is 9.63. The van der Waals surface area contributed by atoms with E-state index in [1.807, 2.05) is 0 Å². The number of hydrogen-bond donors (Lipinski definition) is 2. The fraction of sp³-hybridized carbons (Fsp3) is 1.00. The van der Waals surface area contributed by atoms with E-state index in [-0.39, 0.29) is 16.9 Å². The molecule has 0 saturated carbocycles. The maximum absolute atomic E-state index is 6.32. The minimum absolute atomic E-state index is 0.0204. The summed E-state index contributed by atoms with van der Waals surface area (Å²) < 4.78 is 5.95. The van der Waals surface area contributed by atoms with Gasteiger partial charge in [0.2, 0.25) is 0 Å². The molecule has 0 aliphatic rings. The summed E-state index contributed by atoms with van der Waals surface area (Å²) in [5.74, 6) is 0. The van der Waals surface area contributed by atoms with Gasteiger partial charge < -0.3 is 16.2 Å². The lowest BCUT2D eigenvalue weighted by Gasteiger charge is -2.45. The molecule has 4 N–H and O–H groups in total. The minimum atomic E-state index is 0.0204. The zero-order chi connectivity index (χ0) is 17.1. The first-order chi connectivity index (χ1) is 10.3. The minimum Gasteiger partial charge on any atom is -0.381 e. The Kier molecular flexibility index (Phi) is 11.4. The molecule has 1 atom stereocenters. The van der Waals surface area contributed by atoms with Crippen LogP contribution in [0.1, 0.15) is 86.0 Å². The van der Waals surface area contributed by atoms with E-state index in [4.69, 9.17) is 16.2 Å². The van der Waals surface area contributed by atoms with Crippen LogP contribution in [0.3, 0.4) is 0 Å². The molecule has 0 aromatic carbocycles. The average molecular weight is 315 g/mol. The lowest BCUT2D eigenvalue weighted by molar-refractivity contribution is -0.0232. The molecule has 0 aromatic heterocycles. The number of ether oxygens (including phenoxy) is 1. The van der Waals surface area contributed by atoms with E-state index in [1.165, 1.54) is 44.9 Å². The van der Waals surface area contributed by atoms with Crippen LogP contribution in [-0.4, -0.2) is 25.8 Å². The normalized spacial score (nSPS) is 14.3. The molecule has 3 heteroatoms. The van der Waals surface area contributed by atoms with Crippen LogP contribution in [0.15, 0.2) is 0 Å². The predicted octanol–water partition coefficient (Wildman–Crippen LogP) is 4.48. The zero-order valence-corrected chi connectivity index (χ0v) is 15.9. The molecule has 0 aliphatic carbocycles. The van der Waals surface area contributed by atoms with Gasteiger partial charge in [-0.05, 0) is 30.2 Å². The van der Waals surface area contributed by atoms with Gasteiger partial charge in [-0.3, -0.25) is 0 Å². The van der Waals surface area contributed by atoms with Crippen molar-refractivity contribution in [3.05, 3.63) is 0 Å². The van der Waals surface area contributed by atoms with E-state index < -0.39 is 0 Å². The largest absolute Gasteiger partial charge is 0.381 e. The second kappa shape index (κ2) is 11.4. The molecule has 0 bridgehead atoms. The van der Waals surface area contributed by atoms with Crippen molar-refractivity contribution in [1.82, 2.24) is 0 Å². The van der Waals surface area contributed by atoms with Crippen molar-refractivity contribution in [3.8, 4) is 0 Å². The monoisotopic (exact) mass is 314 g/mol. The van der Waals surface area contributed by atoms with Gasteiger partial charge >= 0.3 is 0 Å². The van der Waals surface area contributed by atoms with E-state index in [9.17, 15) is 0 Å². The number of unbranched alkanes of at least 4 members (excludes halogenated alkanes) is 6. The Balaban J connectivity index is 3.88. The van der Waals surface area contributed by atoms with Gasteiger partial charge in [0.1, 0.15) is 0 Å². The first kappa shape index (κ1) is 21.9. The molecule has 134 valence electrons. The van der Waals surface area contributed by atoms with Crippen LogP contribution in [0.25, 0.3) is 0 Å². The van der Waals surface area contributed by atoms with Crippen LogP contribution in [0.4, 0.5) is 0 Å². The molecule has 0 aromatic rings. The quantitative estimate of drug-likeness (QED) is 0.465. The second-order valence-corrected chi connectivity index (χ2v) is 7.96. The third kappa shape index (κ3) is 7.94. The van der Waals surface area contributed by atoms with Crippen LogP contribution >= 0.6 is 0 Å². The number of hydrogen-bond acceptors (Lipinski definition) is 3.